The second-order valence-corrected chi connectivity index (χ2v) is 9.81. The van der Waals surface area contributed by atoms with Crippen molar-refractivity contribution >= 4 is 9.84 Å². The molecule has 0 spiro atoms. The molecule has 4 nitrogen and oxygen atoms in total. The lowest BCUT2D eigenvalue weighted by Crippen LogP contribution is -2.15. The fourth-order valence-corrected chi connectivity index (χ4v) is 4.39. The van der Waals surface area contributed by atoms with Crippen molar-refractivity contribution < 1.29 is 8.42 Å². The maximum Gasteiger partial charge on any atom is 0.175 e. The molecule has 0 saturated heterocycles. The minimum atomic E-state index is -3.22. The van der Waals surface area contributed by atoms with Gasteiger partial charge in [0, 0.05) is 24.3 Å². The molecular weight excluding hydrogens is 356 g/mol. The van der Waals surface area contributed by atoms with Crippen LogP contribution >= 0.6 is 0 Å². The van der Waals surface area contributed by atoms with Crippen LogP contribution < -0.4 is 0 Å². The summed E-state index contributed by atoms with van der Waals surface area (Å²) in [5, 5.41) is 4.77. The molecule has 0 amide bonds. The fourth-order valence-electron chi connectivity index (χ4n) is 3.72. The first-order chi connectivity index (χ1) is 12.7. The van der Waals surface area contributed by atoms with E-state index in [4.69, 9.17) is 5.10 Å². The summed E-state index contributed by atoms with van der Waals surface area (Å²) in [6, 6.07) is 15.8. The van der Waals surface area contributed by atoms with Crippen LogP contribution in [0.2, 0.25) is 0 Å². The minimum Gasteiger partial charge on any atom is -0.264 e. The predicted octanol–water partition coefficient (Wildman–Crippen LogP) is 4.86. The number of hydrogen-bond donors (Lipinski definition) is 0. The Morgan fingerprint density at radius 2 is 1.81 bits per heavy atom. The molecule has 3 aromatic rings. The largest absolute Gasteiger partial charge is 0.264 e. The lowest BCUT2D eigenvalue weighted by molar-refractivity contribution is 0.526. The van der Waals surface area contributed by atoms with E-state index in [2.05, 4.69) is 49.7 Å². The van der Waals surface area contributed by atoms with E-state index in [0.29, 0.717) is 16.7 Å². The Balaban J connectivity index is 1.82. The maximum atomic E-state index is 11.9. The zero-order valence-electron chi connectivity index (χ0n) is 16.1. The third-order valence-electron chi connectivity index (χ3n) is 5.29. The van der Waals surface area contributed by atoms with Crippen LogP contribution in [0.1, 0.15) is 43.9 Å². The first kappa shape index (κ1) is 18.0. The molecule has 2 aromatic carbocycles. The van der Waals surface area contributed by atoms with Crippen LogP contribution in [0.5, 0.6) is 0 Å². The van der Waals surface area contributed by atoms with Gasteiger partial charge in [-0.2, -0.15) is 5.10 Å². The van der Waals surface area contributed by atoms with Gasteiger partial charge in [0.05, 0.1) is 16.3 Å². The fraction of sp³-hybridized carbons (Fsp3) is 0.318. The Morgan fingerprint density at radius 1 is 1.07 bits per heavy atom. The van der Waals surface area contributed by atoms with Crippen molar-refractivity contribution in [1.82, 2.24) is 9.78 Å². The van der Waals surface area contributed by atoms with Crippen molar-refractivity contribution in [2.75, 3.05) is 6.26 Å². The highest BCUT2D eigenvalue weighted by Gasteiger charge is 2.24. The summed E-state index contributed by atoms with van der Waals surface area (Å²) in [5.41, 5.74) is 6.77. The molecule has 140 valence electrons. The van der Waals surface area contributed by atoms with E-state index in [1.165, 1.54) is 23.1 Å². The van der Waals surface area contributed by atoms with E-state index in [1.807, 2.05) is 6.07 Å². The Labute approximate surface area is 160 Å². The summed E-state index contributed by atoms with van der Waals surface area (Å²) in [6.45, 7) is 7.41. The molecule has 0 saturated carbocycles. The van der Waals surface area contributed by atoms with Crippen LogP contribution in [-0.2, 0) is 16.4 Å². The number of fused-ring (bicyclic) bond motifs is 3. The molecular formula is C22H24N2O2S. The molecule has 0 aliphatic carbocycles. The van der Waals surface area contributed by atoms with Gasteiger partial charge < -0.3 is 0 Å². The van der Waals surface area contributed by atoms with Gasteiger partial charge in [-0.25, -0.2) is 8.42 Å². The van der Waals surface area contributed by atoms with Crippen LogP contribution in [-0.4, -0.2) is 24.5 Å². The third-order valence-corrected chi connectivity index (χ3v) is 6.40. The van der Waals surface area contributed by atoms with Gasteiger partial charge >= 0.3 is 0 Å². The molecule has 1 aromatic heterocycles. The molecule has 4 rings (SSSR count). The summed E-state index contributed by atoms with van der Waals surface area (Å²) >= 11 is 0. The molecule has 1 atom stereocenters. The molecule has 1 unspecified atom stereocenters. The smallest absolute Gasteiger partial charge is 0.175 e. The molecule has 0 N–H and O–H groups in total. The van der Waals surface area contributed by atoms with Gasteiger partial charge in [-0.15, -0.1) is 0 Å². The standard InChI is InChI=1S/C22H24N2O2S/c1-14(2)21-12-22-19-9-8-17(11-20(19)15(3)13-24(22)23-21)16-6-5-7-18(10-16)27(4,25)26/h5-12,14-15H,13H2,1-4H3. The quantitative estimate of drug-likeness (QED) is 0.652. The summed E-state index contributed by atoms with van der Waals surface area (Å²) in [6.07, 6.45) is 1.24. The lowest BCUT2D eigenvalue weighted by atomic mass is 9.88. The van der Waals surface area contributed by atoms with E-state index in [9.17, 15) is 8.42 Å². The number of benzene rings is 2. The first-order valence-corrected chi connectivity index (χ1v) is 11.2. The third kappa shape index (κ3) is 3.21. The van der Waals surface area contributed by atoms with Crippen LogP contribution in [0.3, 0.4) is 0 Å². The number of sulfone groups is 1. The van der Waals surface area contributed by atoms with Gasteiger partial charge in [-0.1, -0.05) is 51.1 Å². The average Bonchev–Trinajstić information content (AvgIpc) is 3.05. The maximum absolute atomic E-state index is 11.9. The number of nitrogens with zero attached hydrogens (tertiary/aromatic N) is 2. The number of aromatic nitrogens is 2. The Hall–Kier alpha value is -2.40. The van der Waals surface area contributed by atoms with Crippen LogP contribution in [0.15, 0.2) is 53.4 Å². The zero-order valence-corrected chi connectivity index (χ0v) is 16.9. The van der Waals surface area contributed by atoms with Crippen molar-refractivity contribution in [3.05, 3.63) is 59.8 Å². The first-order valence-electron chi connectivity index (χ1n) is 9.26. The molecule has 1 aliphatic rings. The molecule has 5 heteroatoms. The van der Waals surface area contributed by atoms with Crippen LogP contribution in [0, 0.1) is 0 Å². The van der Waals surface area contributed by atoms with Crippen molar-refractivity contribution in [3.63, 3.8) is 0 Å². The van der Waals surface area contributed by atoms with Gasteiger partial charge in [0.1, 0.15) is 0 Å². The summed E-state index contributed by atoms with van der Waals surface area (Å²) in [4.78, 5) is 0.352. The van der Waals surface area contributed by atoms with Gasteiger partial charge in [0.25, 0.3) is 0 Å². The molecule has 0 radical (unpaired) electrons. The normalized spacial score (nSPS) is 16.3. The summed E-state index contributed by atoms with van der Waals surface area (Å²) in [5.74, 6) is 0.755. The monoisotopic (exact) mass is 380 g/mol. The average molecular weight is 381 g/mol. The molecule has 0 bridgehead atoms. The Morgan fingerprint density at radius 3 is 2.52 bits per heavy atom. The molecule has 2 heterocycles. The second-order valence-electron chi connectivity index (χ2n) is 7.79. The minimum absolute atomic E-state index is 0.352. The molecule has 0 fully saturated rings. The topological polar surface area (TPSA) is 52.0 Å². The van der Waals surface area contributed by atoms with Gasteiger partial charge in [0.15, 0.2) is 9.84 Å². The molecule has 1 aliphatic heterocycles. The van der Waals surface area contributed by atoms with Gasteiger partial charge in [-0.05, 0) is 40.8 Å². The van der Waals surface area contributed by atoms with Crippen LogP contribution in [0.25, 0.3) is 22.4 Å². The zero-order chi connectivity index (χ0) is 19.3. The summed E-state index contributed by atoms with van der Waals surface area (Å²) < 4.78 is 25.9. The highest BCUT2D eigenvalue weighted by Crippen LogP contribution is 2.39. The Kier molecular flexibility index (Phi) is 4.22. The number of rotatable bonds is 3. The van der Waals surface area contributed by atoms with Crippen LogP contribution in [0.4, 0.5) is 0 Å². The molecule has 27 heavy (non-hydrogen) atoms. The van der Waals surface area contributed by atoms with E-state index in [0.717, 1.165) is 23.4 Å². The second kappa shape index (κ2) is 6.34. The highest BCUT2D eigenvalue weighted by atomic mass is 32.2. The van der Waals surface area contributed by atoms with Crippen molar-refractivity contribution in [2.45, 2.75) is 44.0 Å². The summed E-state index contributed by atoms with van der Waals surface area (Å²) in [7, 11) is -3.22. The predicted molar refractivity (Wildman–Crippen MR) is 109 cm³/mol. The highest BCUT2D eigenvalue weighted by molar-refractivity contribution is 7.90. The van der Waals surface area contributed by atoms with Gasteiger partial charge in [-0.3, -0.25) is 4.68 Å². The number of hydrogen-bond acceptors (Lipinski definition) is 3. The van der Waals surface area contributed by atoms with E-state index in [-0.39, 0.29) is 0 Å². The van der Waals surface area contributed by atoms with Crippen molar-refractivity contribution in [2.24, 2.45) is 0 Å². The van der Waals surface area contributed by atoms with E-state index < -0.39 is 9.84 Å². The Bertz CT molecular complexity index is 1130. The van der Waals surface area contributed by atoms with Gasteiger partial charge in [0.2, 0.25) is 0 Å². The van der Waals surface area contributed by atoms with Crippen molar-refractivity contribution in [3.8, 4) is 22.4 Å². The van der Waals surface area contributed by atoms with Crippen molar-refractivity contribution in [1.29, 1.82) is 0 Å². The van der Waals surface area contributed by atoms with E-state index >= 15 is 0 Å². The van der Waals surface area contributed by atoms with E-state index in [1.54, 1.807) is 18.2 Å². The SMILES string of the molecule is CC(C)c1cc2n(n1)CC(C)c1cc(-c3cccc(S(C)(=O)=O)c3)ccc1-2. The lowest BCUT2D eigenvalue weighted by Gasteiger charge is -2.24.